The average Bonchev–Trinajstić information content (AvgIpc) is 2.76. The molecule has 0 saturated heterocycles. The van der Waals surface area contributed by atoms with Gasteiger partial charge in [-0.05, 0) is 56.0 Å². The molecule has 1 aliphatic rings. The molecule has 1 aliphatic carbocycles. The summed E-state index contributed by atoms with van der Waals surface area (Å²) in [6, 6.07) is 8.27. The highest BCUT2D eigenvalue weighted by molar-refractivity contribution is 6.32. The summed E-state index contributed by atoms with van der Waals surface area (Å²) in [5, 5.41) is 0.631. The van der Waals surface area contributed by atoms with E-state index in [2.05, 4.69) is 17.6 Å². The van der Waals surface area contributed by atoms with Gasteiger partial charge in [0.05, 0.1) is 12.1 Å². The SMILES string of the molecule is COc1ccc(-n2c(C)cc3c2CCCC3N)cc1Cl. The molecule has 0 spiro atoms. The highest BCUT2D eigenvalue weighted by atomic mass is 35.5. The van der Waals surface area contributed by atoms with Crippen LogP contribution in [0.4, 0.5) is 0 Å². The summed E-state index contributed by atoms with van der Waals surface area (Å²) in [7, 11) is 1.63. The summed E-state index contributed by atoms with van der Waals surface area (Å²) in [5.41, 5.74) is 11.1. The van der Waals surface area contributed by atoms with Crippen LogP contribution in [0.15, 0.2) is 24.3 Å². The van der Waals surface area contributed by atoms with Crippen molar-refractivity contribution < 1.29 is 4.74 Å². The van der Waals surface area contributed by atoms with Crippen LogP contribution in [0.3, 0.4) is 0 Å². The lowest BCUT2D eigenvalue weighted by Crippen LogP contribution is -2.17. The molecular formula is C16H19ClN2O. The van der Waals surface area contributed by atoms with E-state index in [0.717, 1.165) is 24.9 Å². The second kappa shape index (κ2) is 5.15. The second-order valence-electron chi connectivity index (χ2n) is 5.34. The lowest BCUT2D eigenvalue weighted by atomic mass is 9.93. The molecule has 0 saturated carbocycles. The predicted octanol–water partition coefficient (Wildman–Crippen LogP) is 3.78. The molecule has 0 fully saturated rings. The van der Waals surface area contributed by atoms with Crippen molar-refractivity contribution in [2.24, 2.45) is 5.73 Å². The summed E-state index contributed by atoms with van der Waals surface area (Å²) in [6.07, 6.45) is 3.28. The largest absolute Gasteiger partial charge is 0.495 e. The molecule has 106 valence electrons. The maximum Gasteiger partial charge on any atom is 0.137 e. The Morgan fingerprint density at radius 3 is 2.85 bits per heavy atom. The maximum atomic E-state index is 6.25. The van der Waals surface area contributed by atoms with E-state index in [1.165, 1.54) is 17.0 Å². The molecule has 1 heterocycles. The Labute approximate surface area is 124 Å². The van der Waals surface area contributed by atoms with Gasteiger partial charge in [-0.15, -0.1) is 0 Å². The third kappa shape index (κ3) is 2.11. The number of hydrogen-bond acceptors (Lipinski definition) is 2. The second-order valence-corrected chi connectivity index (χ2v) is 5.75. The van der Waals surface area contributed by atoms with E-state index in [9.17, 15) is 0 Å². The van der Waals surface area contributed by atoms with Crippen LogP contribution in [0.2, 0.25) is 5.02 Å². The number of fused-ring (bicyclic) bond motifs is 1. The van der Waals surface area contributed by atoms with Gasteiger partial charge < -0.3 is 15.0 Å². The highest BCUT2D eigenvalue weighted by Gasteiger charge is 2.22. The fraction of sp³-hybridized carbons (Fsp3) is 0.375. The van der Waals surface area contributed by atoms with Gasteiger partial charge in [0.2, 0.25) is 0 Å². The lowest BCUT2D eigenvalue weighted by molar-refractivity contribution is 0.415. The molecule has 3 nitrogen and oxygen atoms in total. The van der Waals surface area contributed by atoms with E-state index in [1.54, 1.807) is 7.11 Å². The van der Waals surface area contributed by atoms with Crippen molar-refractivity contribution in [3.05, 3.63) is 46.2 Å². The van der Waals surface area contributed by atoms with Crippen LogP contribution >= 0.6 is 11.6 Å². The number of nitrogens with zero attached hydrogens (tertiary/aromatic N) is 1. The van der Waals surface area contributed by atoms with Crippen LogP contribution in [0.1, 0.15) is 35.8 Å². The first-order chi connectivity index (χ1) is 9.61. The quantitative estimate of drug-likeness (QED) is 0.914. The first-order valence-electron chi connectivity index (χ1n) is 6.92. The number of halogens is 1. The number of rotatable bonds is 2. The summed E-state index contributed by atoms with van der Waals surface area (Å²) >= 11 is 6.25. The van der Waals surface area contributed by atoms with E-state index in [4.69, 9.17) is 22.1 Å². The van der Waals surface area contributed by atoms with Crippen molar-refractivity contribution in [3.63, 3.8) is 0 Å². The van der Waals surface area contributed by atoms with Crippen LogP contribution in [0, 0.1) is 6.92 Å². The third-order valence-corrected chi connectivity index (χ3v) is 4.34. The van der Waals surface area contributed by atoms with Gasteiger partial charge in [-0.2, -0.15) is 0 Å². The Balaban J connectivity index is 2.13. The topological polar surface area (TPSA) is 40.2 Å². The Hall–Kier alpha value is -1.45. The summed E-state index contributed by atoms with van der Waals surface area (Å²) in [4.78, 5) is 0. The van der Waals surface area contributed by atoms with Crippen molar-refractivity contribution >= 4 is 11.6 Å². The van der Waals surface area contributed by atoms with Crippen LogP contribution in [0.25, 0.3) is 5.69 Å². The highest BCUT2D eigenvalue weighted by Crippen LogP contribution is 2.34. The van der Waals surface area contributed by atoms with Crippen LogP contribution < -0.4 is 10.5 Å². The molecule has 20 heavy (non-hydrogen) atoms. The fourth-order valence-electron chi connectivity index (χ4n) is 3.09. The molecule has 4 heteroatoms. The molecule has 3 rings (SSSR count). The monoisotopic (exact) mass is 290 g/mol. The molecule has 0 aliphatic heterocycles. The minimum absolute atomic E-state index is 0.160. The molecule has 0 amide bonds. The Kier molecular flexibility index (Phi) is 3.48. The zero-order valence-electron chi connectivity index (χ0n) is 11.8. The number of hydrogen-bond donors (Lipinski definition) is 1. The zero-order valence-corrected chi connectivity index (χ0v) is 12.6. The number of aryl methyl sites for hydroxylation is 1. The van der Waals surface area contributed by atoms with Gasteiger partial charge in [-0.1, -0.05) is 11.6 Å². The average molecular weight is 291 g/mol. The van der Waals surface area contributed by atoms with Crippen molar-refractivity contribution in [3.8, 4) is 11.4 Å². The summed E-state index contributed by atoms with van der Waals surface area (Å²) in [6.45, 7) is 2.11. The number of ether oxygens (including phenoxy) is 1. The molecule has 1 atom stereocenters. The normalized spacial score (nSPS) is 17.9. The standard InChI is InChI=1S/C16H19ClN2O/c1-10-8-12-14(18)4-3-5-15(12)19(10)11-6-7-16(20-2)13(17)9-11/h6-9,14H,3-5,18H2,1-2H3. The zero-order chi connectivity index (χ0) is 14.3. The lowest BCUT2D eigenvalue weighted by Gasteiger charge is -2.21. The van der Waals surface area contributed by atoms with Crippen LogP contribution in [0.5, 0.6) is 5.75 Å². The van der Waals surface area contributed by atoms with Gasteiger partial charge in [-0.25, -0.2) is 0 Å². The molecule has 0 bridgehead atoms. The number of benzene rings is 1. The third-order valence-electron chi connectivity index (χ3n) is 4.04. The van der Waals surface area contributed by atoms with E-state index in [1.807, 2.05) is 18.2 Å². The van der Waals surface area contributed by atoms with Crippen LogP contribution in [-0.4, -0.2) is 11.7 Å². The Morgan fingerprint density at radius 2 is 2.15 bits per heavy atom. The molecule has 2 aromatic rings. The molecule has 2 N–H and O–H groups in total. The van der Waals surface area contributed by atoms with Gasteiger partial charge in [-0.3, -0.25) is 0 Å². The molecule has 1 aromatic carbocycles. The minimum Gasteiger partial charge on any atom is -0.495 e. The van der Waals surface area contributed by atoms with Gasteiger partial charge >= 0.3 is 0 Å². The first kappa shape index (κ1) is 13.5. The minimum atomic E-state index is 0.160. The van der Waals surface area contributed by atoms with E-state index in [0.29, 0.717) is 10.8 Å². The van der Waals surface area contributed by atoms with Gasteiger partial charge in [0.25, 0.3) is 0 Å². The summed E-state index contributed by atoms with van der Waals surface area (Å²) in [5.74, 6) is 0.700. The molecular weight excluding hydrogens is 272 g/mol. The van der Waals surface area contributed by atoms with Gasteiger partial charge in [0.1, 0.15) is 5.75 Å². The summed E-state index contributed by atoms with van der Waals surface area (Å²) < 4.78 is 7.48. The molecule has 1 unspecified atom stereocenters. The smallest absolute Gasteiger partial charge is 0.137 e. The number of nitrogens with two attached hydrogens (primary N) is 1. The van der Waals surface area contributed by atoms with Crippen molar-refractivity contribution in [2.45, 2.75) is 32.2 Å². The molecule has 1 aromatic heterocycles. The fourth-order valence-corrected chi connectivity index (χ4v) is 3.34. The van der Waals surface area contributed by atoms with Crippen molar-refractivity contribution in [1.82, 2.24) is 4.57 Å². The van der Waals surface area contributed by atoms with E-state index >= 15 is 0 Å². The molecule has 0 radical (unpaired) electrons. The number of methoxy groups -OCH3 is 1. The Morgan fingerprint density at radius 1 is 1.35 bits per heavy atom. The van der Waals surface area contributed by atoms with E-state index in [-0.39, 0.29) is 6.04 Å². The van der Waals surface area contributed by atoms with E-state index < -0.39 is 0 Å². The van der Waals surface area contributed by atoms with Gasteiger partial charge in [0.15, 0.2) is 0 Å². The first-order valence-corrected chi connectivity index (χ1v) is 7.30. The van der Waals surface area contributed by atoms with Crippen molar-refractivity contribution in [2.75, 3.05) is 7.11 Å². The maximum absolute atomic E-state index is 6.25. The number of aromatic nitrogens is 1. The van der Waals surface area contributed by atoms with Gasteiger partial charge in [0, 0.05) is 23.1 Å². The predicted molar refractivity (Wildman–Crippen MR) is 81.9 cm³/mol. The Bertz CT molecular complexity index is 648. The van der Waals surface area contributed by atoms with Crippen molar-refractivity contribution in [1.29, 1.82) is 0 Å². The van der Waals surface area contributed by atoms with Crippen LogP contribution in [-0.2, 0) is 6.42 Å².